The molecule has 23 heavy (non-hydrogen) atoms. The number of hydrogen-bond acceptors (Lipinski definition) is 1. The number of allylic oxidation sites excluding steroid dienone is 3. The van der Waals surface area contributed by atoms with E-state index in [0.717, 1.165) is 31.0 Å². The molecule has 0 spiro atoms. The van der Waals surface area contributed by atoms with Gasteiger partial charge >= 0.3 is 0 Å². The molecule has 0 saturated carbocycles. The Balaban J connectivity index is 1.68. The molecule has 1 aromatic rings. The van der Waals surface area contributed by atoms with Crippen molar-refractivity contribution in [2.75, 3.05) is 13.1 Å². The molecule has 122 valence electrons. The fourth-order valence-corrected chi connectivity index (χ4v) is 3.97. The molecule has 1 aliphatic carbocycles. The van der Waals surface area contributed by atoms with Gasteiger partial charge in [0.05, 0.1) is 0 Å². The first kappa shape index (κ1) is 16.4. The molecule has 0 N–H and O–H groups in total. The smallest absolute Gasteiger partial charge is 0.0440 e. The number of rotatable bonds is 5. The second kappa shape index (κ2) is 7.40. The maximum Gasteiger partial charge on any atom is 0.0440 e. The zero-order valence-corrected chi connectivity index (χ0v) is 14.8. The second-order valence-electron chi connectivity index (χ2n) is 6.59. The van der Waals surface area contributed by atoms with Crippen LogP contribution in [0.2, 0.25) is 5.02 Å². The maximum atomic E-state index is 6.46. The van der Waals surface area contributed by atoms with Crippen LogP contribution in [0.25, 0.3) is 0 Å². The normalized spacial score (nSPS) is 21.0. The molecule has 1 heterocycles. The molecule has 2 aliphatic rings. The third-order valence-electron chi connectivity index (χ3n) is 5.12. The minimum Gasteiger partial charge on any atom is -0.371 e. The number of halogens is 1. The largest absolute Gasteiger partial charge is 0.371 e. The monoisotopic (exact) mass is 327 g/mol. The molecule has 3 rings (SSSR count). The summed E-state index contributed by atoms with van der Waals surface area (Å²) in [6.07, 6.45) is 12.5. The minimum absolute atomic E-state index is 0.522. The molecule has 2 heteroatoms. The van der Waals surface area contributed by atoms with Crippen molar-refractivity contribution >= 4 is 11.6 Å². The molecular weight excluding hydrogens is 302 g/mol. The van der Waals surface area contributed by atoms with Gasteiger partial charge < -0.3 is 4.90 Å². The summed E-state index contributed by atoms with van der Waals surface area (Å²) < 4.78 is 0. The van der Waals surface area contributed by atoms with Crippen molar-refractivity contribution in [1.29, 1.82) is 0 Å². The van der Waals surface area contributed by atoms with Crippen molar-refractivity contribution in [3.63, 3.8) is 0 Å². The van der Waals surface area contributed by atoms with Gasteiger partial charge in [-0.15, -0.1) is 0 Å². The molecule has 0 amide bonds. The van der Waals surface area contributed by atoms with E-state index in [0.29, 0.717) is 5.92 Å². The second-order valence-corrected chi connectivity index (χ2v) is 7.00. The van der Waals surface area contributed by atoms with Gasteiger partial charge in [0.15, 0.2) is 0 Å². The van der Waals surface area contributed by atoms with Gasteiger partial charge in [-0.25, -0.2) is 0 Å². The van der Waals surface area contributed by atoms with E-state index in [2.05, 4.69) is 48.8 Å². The predicted molar refractivity (Wildman–Crippen MR) is 99.8 cm³/mol. The van der Waals surface area contributed by atoms with Crippen LogP contribution >= 0.6 is 11.6 Å². The first-order valence-corrected chi connectivity index (χ1v) is 9.12. The number of hydrogen-bond donors (Lipinski definition) is 0. The zero-order valence-electron chi connectivity index (χ0n) is 14.0. The molecule has 1 fully saturated rings. The molecule has 1 atom stereocenters. The predicted octanol–water partition coefficient (Wildman–Crippen LogP) is 5.56. The lowest BCUT2D eigenvalue weighted by Crippen LogP contribution is -2.21. The van der Waals surface area contributed by atoms with Gasteiger partial charge in [-0.1, -0.05) is 55.5 Å². The van der Waals surface area contributed by atoms with Crippen LogP contribution in [0.1, 0.15) is 37.3 Å². The Hall–Kier alpha value is -1.47. The van der Waals surface area contributed by atoms with Crippen molar-refractivity contribution in [1.82, 2.24) is 4.90 Å². The van der Waals surface area contributed by atoms with Crippen molar-refractivity contribution in [2.45, 2.75) is 39.0 Å². The average molecular weight is 328 g/mol. The third kappa shape index (κ3) is 3.72. The van der Waals surface area contributed by atoms with E-state index in [1.807, 2.05) is 6.07 Å². The van der Waals surface area contributed by atoms with E-state index in [-0.39, 0.29) is 0 Å². The summed E-state index contributed by atoms with van der Waals surface area (Å²) >= 11 is 6.46. The lowest BCUT2D eigenvalue weighted by molar-refractivity contribution is 0.425. The Morgan fingerprint density at radius 3 is 2.91 bits per heavy atom. The molecule has 1 aliphatic heterocycles. The number of benzene rings is 1. The van der Waals surface area contributed by atoms with Crippen LogP contribution in [0.3, 0.4) is 0 Å². The Kier molecular flexibility index (Phi) is 5.27. The topological polar surface area (TPSA) is 3.24 Å². The highest BCUT2D eigenvalue weighted by Gasteiger charge is 2.27. The van der Waals surface area contributed by atoms with E-state index < -0.39 is 0 Å². The highest BCUT2D eigenvalue weighted by molar-refractivity contribution is 6.31. The number of likely N-dealkylation sites (tertiary alicyclic amines) is 1. The molecule has 0 bridgehead atoms. The van der Waals surface area contributed by atoms with Crippen LogP contribution in [0, 0.1) is 5.92 Å². The van der Waals surface area contributed by atoms with Crippen LogP contribution < -0.4 is 0 Å². The van der Waals surface area contributed by atoms with Gasteiger partial charge in [0, 0.05) is 29.7 Å². The average Bonchev–Trinajstić information content (AvgIpc) is 2.91. The van der Waals surface area contributed by atoms with E-state index >= 15 is 0 Å². The Morgan fingerprint density at radius 1 is 1.30 bits per heavy atom. The van der Waals surface area contributed by atoms with Crippen molar-refractivity contribution in [3.05, 3.63) is 70.4 Å². The molecule has 1 saturated heterocycles. The van der Waals surface area contributed by atoms with Crippen molar-refractivity contribution < 1.29 is 0 Å². The van der Waals surface area contributed by atoms with Gasteiger partial charge in [0.2, 0.25) is 0 Å². The van der Waals surface area contributed by atoms with E-state index in [1.165, 1.54) is 41.7 Å². The van der Waals surface area contributed by atoms with E-state index in [1.54, 1.807) is 0 Å². The summed E-state index contributed by atoms with van der Waals surface area (Å²) in [6, 6.07) is 6.28. The van der Waals surface area contributed by atoms with Crippen LogP contribution in [-0.4, -0.2) is 18.0 Å². The van der Waals surface area contributed by atoms with Gasteiger partial charge in [-0.3, -0.25) is 0 Å². The fraction of sp³-hybridized carbons (Fsp3) is 0.429. The molecule has 1 aromatic carbocycles. The van der Waals surface area contributed by atoms with Crippen molar-refractivity contribution in [2.24, 2.45) is 5.92 Å². The Labute approximate surface area is 145 Å². The molecule has 1 unspecified atom stereocenters. The summed E-state index contributed by atoms with van der Waals surface area (Å²) in [5, 5.41) is 0.911. The van der Waals surface area contributed by atoms with Gasteiger partial charge in [-0.05, 0) is 54.9 Å². The SMILES string of the molecule is C=C1C(Cc2c(Cl)cccc2CC)CCN1CC1=CCCC=C1. The molecule has 0 aromatic heterocycles. The molecule has 0 radical (unpaired) electrons. The maximum absolute atomic E-state index is 6.46. The Bertz CT molecular complexity index is 641. The van der Waals surface area contributed by atoms with Crippen LogP contribution in [-0.2, 0) is 12.8 Å². The van der Waals surface area contributed by atoms with E-state index in [4.69, 9.17) is 11.6 Å². The summed E-state index contributed by atoms with van der Waals surface area (Å²) in [4.78, 5) is 2.45. The third-order valence-corrected chi connectivity index (χ3v) is 5.47. The summed E-state index contributed by atoms with van der Waals surface area (Å²) in [5.41, 5.74) is 5.42. The van der Waals surface area contributed by atoms with E-state index in [9.17, 15) is 0 Å². The first-order valence-electron chi connectivity index (χ1n) is 8.74. The lowest BCUT2D eigenvalue weighted by Gasteiger charge is -2.23. The summed E-state index contributed by atoms with van der Waals surface area (Å²) in [6.45, 7) is 8.72. The number of aryl methyl sites for hydroxylation is 1. The highest BCUT2D eigenvalue weighted by Crippen LogP contribution is 2.34. The highest BCUT2D eigenvalue weighted by atomic mass is 35.5. The summed E-state index contributed by atoms with van der Waals surface area (Å²) in [5.74, 6) is 0.522. The standard InChI is InChI=1S/C21H26ClN/c1-3-18-10-7-11-21(22)20(18)14-19-12-13-23(16(19)2)15-17-8-5-4-6-9-17/h5,7-11,19H,2-4,6,12-15H2,1H3. The Morgan fingerprint density at radius 2 is 2.17 bits per heavy atom. The zero-order chi connectivity index (χ0) is 16.2. The summed E-state index contributed by atoms with van der Waals surface area (Å²) in [7, 11) is 0. The van der Waals surface area contributed by atoms with Gasteiger partial charge in [0.25, 0.3) is 0 Å². The van der Waals surface area contributed by atoms with Crippen molar-refractivity contribution in [3.8, 4) is 0 Å². The van der Waals surface area contributed by atoms with Crippen LogP contribution in [0.4, 0.5) is 0 Å². The minimum atomic E-state index is 0.522. The fourth-order valence-electron chi connectivity index (χ4n) is 3.70. The molecule has 1 nitrogen and oxygen atoms in total. The quantitative estimate of drug-likeness (QED) is 0.684. The first-order chi connectivity index (χ1) is 11.2. The lowest BCUT2D eigenvalue weighted by atomic mass is 9.92. The number of nitrogens with zero attached hydrogens (tertiary/aromatic N) is 1. The van der Waals surface area contributed by atoms with Gasteiger partial charge in [0.1, 0.15) is 0 Å². The molecular formula is C21H26ClN. The van der Waals surface area contributed by atoms with Crippen LogP contribution in [0.15, 0.2) is 54.3 Å². The van der Waals surface area contributed by atoms with Gasteiger partial charge in [-0.2, -0.15) is 0 Å². The van der Waals surface area contributed by atoms with Crippen LogP contribution in [0.5, 0.6) is 0 Å².